The molecule has 9 heteroatoms. The molecule has 2 aromatic heterocycles. The Labute approximate surface area is 192 Å². The standard InChI is InChI=1S/C24H27N5O4/c1-15-13-32-10-8-28(15)22-19-6-7-20(17-4-3-5-18(12-17)23(30)31)25-21(19)26-24(27-22)29-9-11-33-14-16(29)2/h3-7,12,15-16H,8-11,13-14H2,1-2H3,(H,30,31)/t15-,16-/m0/s1. The average molecular weight is 450 g/mol. The Hall–Kier alpha value is -3.30. The maximum absolute atomic E-state index is 11.4. The largest absolute Gasteiger partial charge is 0.478 e. The zero-order valence-corrected chi connectivity index (χ0v) is 18.8. The molecule has 4 heterocycles. The first-order valence-corrected chi connectivity index (χ1v) is 11.2. The number of benzene rings is 1. The fourth-order valence-corrected chi connectivity index (χ4v) is 4.37. The highest BCUT2D eigenvalue weighted by molar-refractivity contribution is 5.91. The van der Waals surface area contributed by atoms with Crippen LogP contribution in [0.3, 0.4) is 0 Å². The molecule has 0 saturated carbocycles. The number of hydrogen-bond acceptors (Lipinski definition) is 8. The average Bonchev–Trinajstić information content (AvgIpc) is 2.84. The van der Waals surface area contributed by atoms with Crippen LogP contribution in [0.25, 0.3) is 22.3 Å². The molecule has 3 aromatic rings. The number of carbonyl (C=O) groups is 1. The Bertz CT molecular complexity index is 1190. The summed E-state index contributed by atoms with van der Waals surface area (Å²) in [6, 6.07) is 11.0. The van der Waals surface area contributed by atoms with Crippen molar-refractivity contribution in [2.75, 3.05) is 49.3 Å². The second-order valence-electron chi connectivity index (χ2n) is 8.54. The molecule has 0 spiro atoms. The zero-order valence-electron chi connectivity index (χ0n) is 18.8. The van der Waals surface area contributed by atoms with Crippen LogP contribution >= 0.6 is 0 Å². The van der Waals surface area contributed by atoms with Crippen molar-refractivity contribution in [3.8, 4) is 11.3 Å². The summed E-state index contributed by atoms with van der Waals surface area (Å²) < 4.78 is 11.2. The minimum atomic E-state index is -0.966. The number of anilines is 2. The van der Waals surface area contributed by atoms with Crippen LogP contribution in [0.2, 0.25) is 0 Å². The monoisotopic (exact) mass is 449 g/mol. The topological polar surface area (TPSA) is 101 Å². The van der Waals surface area contributed by atoms with Crippen molar-refractivity contribution < 1.29 is 19.4 Å². The third kappa shape index (κ3) is 4.21. The summed E-state index contributed by atoms with van der Waals surface area (Å²) in [6.45, 7) is 8.23. The van der Waals surface area contributed by atoms with Crippen LogP contribution in [-0.2, 0) is 9.47 Å². The first-order chi connectivity index (χ1) is 16.0. The Morgan fingerprint density at radius 1 is 0.970 bits per heavy atom. The van der Waals surface area contributed by atoms with E-state index in [9.17, 15) is 9.90 Å². The summed E-state index contributed by atoms with van der Waals surface area (Å²) in [4.78, 5) is 30.5. The number of aromatic carboxylic acids is 1. The van der Waals surface area contributed by atoms with E-state index in [0.717, 1.165) is 23.3 Å². The molecule has 2 fully saturated rings. The third-order valence-electron chi connectivity index (χ3n) is 6.20. The molecule has 2 aliphatic rings. The molecule has 2 aliphatic heterocycles. The number of aromatic nitrogens is 3. The Balaban J connectivity index is 1.65. The van der Waals surface area contributed by atoms with E-state index in [1.165, 1.54) is 0 Å². The van der Waals surface area contributed by atoms with E-state index in [0.29, 0.717) is 50.3 Å². The van der Waals surface area contributed by atoms with Gasteiger partial charge in [-0.05, 0) is 38.1 Å². The second kappa shape index (κ2) is 8.92. The van der Waals surface area contributed by atoms with Crippen molar-refractivity contribution in [2.45, 2.75) is 25.9 Å². The molecule has 9 nitrogen and oxygen atoms in total. The summed E-state index contributed by atoms with van der Waals surface area (Å²) in [5, 5.41) is 10.2. The van der Waals surface area contributed by atoms with Crippen LogP contribution in [0, 0.1) is 0 Å². The second-order valence-corrected chi connectivity index (χ2v) is 8.54. The lowest BCUT2D eigenvalue weighted by atomic mass is 10.1. The molecule has 0 bridgehead atoms. The van der Waals surface area contributed by atoms with Gasteiger partial charge in [0.25, 0.3) is 0 Å². The summed E-state index contributed by atoms with van der Waals surface area (Å²) in [6.07, 6.45) is 0. The Morgan fingerprint density at radius 2 is 1.70 bits per heavy atom. The lowest BCUT2D eigenvalue weighted by Crippen LogP contribution is -2.46. The SMILES string of the molecule is C[C@H]1COCCN1c1nc(N2CCOC[C@@H]2C)c2ccc(-c3cccc(C(=O)O)c3)nc2n1. The van der Waals surface area contributed by atoms with Gasteiger partial charge in [-0.3, -0.25) is 0 Å². The molecule has 1 aromatic carbocycles. The van der Waals surface area contributed by atoms with E-state index >= 15 is 0 Å². The molecule has 5 rings (SSSR count). The molecule has 172 valence electrons. The predicted molar refractivity (Wildman–Crippen MR) is 125 cm³/mol. The van der Waals surface area contributed by atoms with Gasteiger partial charge < -0.3 is 24.4 Å². The molecule has 33 heavy (non-hydrogen) atoms. The maximum atomic E-state index is 11.4. The van der Waals surface area contributed by atoms with Crippen LogP contribution < -0.4 is 9.80 Å². The fraction of sp³-hybridized carbons (Fsp3) is 0.417. The first-order valence-electron chi connectivity index (χ1n) is 11.2. The van der Waals surface area contributed by atoms with Gasteiger partial charge in [0.1, 0.15) is 5.82 Å². The normalized spacial score (nSPS) is 21.4. The number of carboxylic acid groups (broad SMARTS) is 1. The number of nitrogens with zero attached hydrogens (tertiary/aromatic N) is 5. The number of carboxylic acids is 1. The van der Waals surface area contributed by atoms with Crippen LogP contribution in [-0.4, -0.2) is 77.6 Å². The van der Waals surface area contributed by atoms with Crippen LogP contribution in [0.5, 0.6) is 0 Å². The number of morpholine rings is 2. The number of fused-ring (bicyclic) bond motifs is 1. The zero-order chi connectivity index (χ0) is 22.9. The number of hydrogen-bond donors (Lipinski definition) is 1. The molecule has 1 N–H and O–H groups in total. The quantitative estimate of drug-likeness (QED) is 0.644. The summed E-state index contributed by atoms with van der Waals surface area (Å²) in [5.41, 5.74) is 2.22. The third-order valence-corrected chi connectivity index (χ3v) is 6.20. The van der Waals surface area contributed by atoms with Gasteiger partial charge in [0.2, 0.25) is 5.95 Å². The highest BCUT2D eigenvalue weighted by atomic mass is 16.5. The van der Waals surface area contributed by atoms with Gasteiger partial charge in [-0.1, -0.05) is 12.1 Å². The van der Waals surface area contributed by atoms with Gasteiger partial charge in [0, 0.05) is 18.7 Å². The molecule has 0 radical (unpaired) electrons. The number of rotatable bonds is 4. The molecular formula is C24H27N5O4. The van der Waals surface area contributed by atoms with E-state index in [-0.39, 0.29) is 17.6 Å². The smallest absolute Gasteiger partial charge is 0.335 e. The van der Waals surface area contributed by atoms with Crippen molar-refractivity contribution in [2.24, 2.45) is 0 Å². The fourth-order valence-electron chi connectivity index (χ4n) is 4.37. The van der Waals surface area contributed by atoms with E-state index in [2.05, 4.69) is 23.6 Å². The van der Waals surface area contributed by atoms with Crippen molar-refractivity contribution in [3.63, 3.8) is 0 Å². The van der Waals surface area contributed by atoms with E-state index in [4.69, 9.17) is 24.4 Å². The molecule has 2 saturated heterocycles. The van der Waals surface area contributed by atoms with Crippen LogP contribution in [0.4, 0.5) is 11.8 Å². The Morgan fingerprint density at radius 3 is 2.39 bits per heavy atom. The van der Waals surface area contributed by atoms with Gasteiger partial charge in [-0.2, -0.15) is 9.97 Å². The van der Waals surface area contributed by atoms with Crippen LogP contribution in [0.15, 0.2) is 36.4 Å². The highest BCUT2D eigenvalue weighted by Gasteiger charge is 2.27. The van der Waals surface area contributed by atoms with Crippen LogP contribution in [0.1, 0.15) is 24.2 Å². The molecular weight excluding hydrogens is 422 g/mol. The summed E-state index contributed by atoms with van der Waals surface area (Å²) in [7, 11) is 0. The minimum absolute atomic E-state index is 0.154. The molecule has 0 aliphatic carbocycles. The first kappa shape index (κ1) is 21.5. The molecule has 2 atom stereocenters. The van der Waals surface area contributed by atoms with Gasteiger partial charge in [-0.15, -0.1) is 0 Å². The molecule has 0 unspecified atom stereocenters. The van der Waals surface area contributed by atoms with E-state index in [1.807, 2.05) is 18.2 Å². The van der Waals surface area contributed by atoms with Gasteiger partial charge in [0.15, 0.2) is 5.65 Å². The summed E-state index contributed by atoms with van der Waals surface area (Å²) in [5.74, 6) is 0.519. The van der Waals surface area contributed by atoms with Crippen molar-refractivity contribution in [3.05, 3.63) is 42.0 Å². The van der Waals surface area contributed by atoms with E-state index in [1.54, 1.807) is 18.2 Å². The van der Waals surface area contributed by atoms with Crippen molar-refractivity contribution in [1.82, 2.24) is 15.0 Å². The van der Waals surface area contributed by atoms with Gasteiger partial charge in [0.05, 0.1) is 55.2 Å². The predicted octanol–water partition coefficient (Wildman–Crippen LogP) is 2.84. The van der Waals surface area contributed by atoms with Crippen molar-refractivity contribution >= 4 is 28.8 Å². The molecule has 0 amide bonds. The van der Waals surface area contributed by atoms with Crippen molar-refractivity contribution in [1.29, 1.82) is 0 Å². The minimum Gasteiger partial charge on any atom is -0.478 e. The highest BCUT2D eigenvalue weighted by Crippen LogP contribution is 2.31. The van der Waals surface area contributed by atoms with E-state index < -0.39 is 5.97 Å². The van der Waals surface area contributed by atoms with Gasteiger partial charge in [-0.25, -0.2) is 9.78 Å². The maximum Gasteiger partial charge on any atom is 0.335 e. The Kier molecular flexibility index (Phi) is 5.82. The number of pyridine rings is 1. The number of ether oxygens (including phenoxy) is 2. The lowest BCUT2D eigenvalue weighted by Gasteiger charge is -2.37. The summed E-state index contributed by atoms with van der Waals surface area (Å²) >= 11 is 0. The lowest BCUT2D eigenvalue weighted by molar-refractivity contribution is 0.0697. The van der Waals surface area contributed by atoms with Gasteiger partial charge >= 0.3 is 5.97 Å².